The number of aromatic nitrogens is 5. The smallest absolute Gasteiger partial charge is 0.147 e. The molecule has 142 valence electrons. The molecule has 0 radical (unpaired) electrons. The lowest BCUT2D eigenvalue weighted by molar-refractivity contribution is 0.357. The normalized spacial score (nSPS) is 16.5. The SMILES string of the molecule is Cc1nc2n(n1)CC(NCc1c(C)nn(Cc3ccccc3Cl)c1C)CC2. The first-order chi connectivity index (χ1) is 13.0. The molecule has 1 N–H and O–H groups in total. The van der Waals surface area contributed by atoms with Crippen molar-refractivity contribution in [3.05, 3.63) is 63.5 Å². The number of nitrogens with zero attached hydrogens (tertiary/aromatic N) is 5. The Kier molecular flexibility index (Phi) is 5.02. The molecule has 0 saturated heterocycles. The second kappa shape index (κ2) is 7.44. The van der Waals surface area contributed by atoms with Gasteiger partial charge in [0, 0.05) is 35.3 Å². The number of hydrogen-bond acceptors (Lipinski definition) is 4. The fourth-order valence-corrected chi connectivity index (χ4v) is 3.97. The van der Waals surface area contributed by atoms with Gasteiger partial charge in [-0.25, -0.2) is 9.67 Å². The first-order valence-corrected chi connectivity index (χ1v) is 9.79. The van der Waals surface area contributed by atoms with Crippen LogP contribution in [-0.2, 0) is 26.1 Å². The minimum atomic E-state index is 0.407. The summed E-state index contributed by atoms with van der Waals surface area (Å²) in [5.74, 6) is 1.96. The van der Waals surface area contributed by atoms with E-state index >= 15 is 0 Å². The van der Waals surface area contributed by atoms with Gasteiger partial charge in [-0.3, -0.25) is 4.68 Å². The Morgan fingerprint density at radius 3 is 2.81 bits per heavy atom. The summed E-state index contributed by atoms with van der Waals surface area (Å²) in [6.07, 6.45) is 2.06. The number of rotatable bonds is 5. The van der Waals surface area contributed by atoms with Crippen LogP contribution in [0.4, 0.5) is 0 Å². The molecule has 4 rings (SSSR count). The van der Waals surface area contributed by atoms with Gasteiger partial charge in [0.15, 0.2) is 0 Å². The molecule has 6 nitrogen and oxygen atoms in total. The van der Waals surface area contributed by atoms with Crippen LogP contribution in [0.25, 0.3) is 0 Å². The van der Waals surface area contributed by atoms with Crippen LogP contribution in [0.15, 0.2) is 24.3 Å². The molecule has 1 aliphatic rings. The van der Waals surface area contributed by atoms with E-state index in [1.54, 1.807) is 0 Å². The van der Waals surface area contributed by atoms with E-state index in [-0.39, 0.29) is 0 Å². The van der Waals surface area contributed by atoms with E-state index in [0.717, 1.165) is 53.9 Å². The molecule has 3 aromatic rings. The Balaban J connectivity index is 1.44. The maximum absolute atomic E-state index is 6.31. The van der Waals surface area contributed by atoms with Gasteiger partial charge in [-0.15, -0.1) is 0 Å². The van der Waals surface area contributed by atoms with Crippen LogP contribution in [0.3, 0.4) is 0 Å². The van der Waals surface area contributed by atoms with E-state index in [1.807, 2.05) is 34.5 Å². The molecule has 0 amide bonds. The minimum Gasteiger partial charge on any atom is -0.308 e. The fraction of sp³-hybridized carbons (Fsp3) is 0.450. The third-order valence-corrected chi connectivity index (χ3v) is 5.71. The molecule has 1 aliphatic heterocycles. The van der Waals surface area contributed by atoms with E-state index in [0.29, 0.717) is 12.6 Å². The summed E-state index contributed by atoms with van der Waals surface area (Å²) in [5, 5.41) is 13.7. The quantitative estimate of drug-likeness (QED) is 0.733. The lowest BCUT2D eigenvalue weighted by Crippen LogP contribution is -2.37. The zero-order valence-electron chi connectivity index (χ0n) is 16.0. The number of benzene rings is 1. The second-order valence-corrected chi connectivity index (χ2v) is 7.68. The molecule has 3 heterocycles. The largest absolute Gasteiger partial charge is 0.308 e. The standard InChI is InChI=1S/C20H25ClN6/c1-13-18(10-22-17-8-9-20-23-15(3)25-27(20)12-17)14(2)26(24-13)11-16-6-4-5-7-19(16)21/h4-7,17,22H,8-12H2,1-3H3. The average Bonchev–Trinajstić information content (AvgIpc) is 3.13. The second-order valence-electron chi connectivity index (χ2n) is 7.27. The van der Waals surface area contributed by atoms with Gasteiger partial charge in [-0.2, -0.15) is 10.2 Å². The van der Waals surface area contributed by atoms with Gasteiger partial charge in [0.2, 0.25) is 0 Å². The Morgan fingerprint density at radius 1 is 1.19 bits per heavy atom. The van der Waals surface area contributed by atoms with Gasteiger partial charge < -0.3 is 5.32 Å². The van der Waals surface area contributed by atoms with Crippen LogP contribution in [0.5, 0.6) is 0 Å². The monoisotopic (exact) mass is 384 g/mol. The van der Waals surface area contributed by atoms with Crippen LogP contribution in [0.2, 0.25) is 5.02 Å². The summed E-state index contributed by atoms with van der Waals surface area (Å²) in [7, 11) is 0. The summed E-state index contributed by atoms with van der Waals surface area (Å²) in [6, 6.07) is 8.35. The molecule has 1 atom stereocenters. The van der Waals surface area contributed by atoms with Crippen molar-refractivity contribution in [3.63, 3.8) is 0 Å². The highest BCUT2D eigenvalue weighted by molar-refractivity contribution is 6.31. The maximum Gasteiger partial charge on any atom is 0.147 e. The third kappa shape index (κ3) is 3.77. The van der Waals surface area contributed by atoms with Crippen LogP contribution in [0, 0.1) is 20.8 Å². The molecule has 0 aliphatic carbocycles. The predicted octanol–water partition coefficient (Wildman–Crippen LogP) is 3.21. The van der Waals surface area contributed by atoms with Crippen LogP contribution >= 0.6 is 11.6 Å². The number of nitrogens with one attached hydrogen (secondary N) is 1. The van der Waals surface area contributed by atoms with E-state index in [4.69, 9.17) is 16.7 Å². The van der Waals surface area contributed by atoms with Crippen LogP contribution in [-0.4, -0.2) is 30.6 Å². The van der Waals surface area contributed by atoms with Gasteiger partial charge in [-0.1, -0.05) is 29.8 Å². The van der Waals surface area contributed by atoms with Crippen molar-refractivity contribution < 1.29 is 0 Å². The summed E-state index contributed by atoms with van der Waals surface area (Å²) in [5.41, 5.74) is 4.61. The van der Waals surface area contributed by atoms with E-state index in [9.17, 15) is 0 Å². The zero-order chi connectivity index (χ0) is 19.0. The topological polar surface area (TPSA) is 60.6 Å². The molecule has 27 heavy (non-hydrogen) atoms. The van der Waals surface area contributed by atoms with Gasteiger partial charge >= 0.3 is 0 Å². The highest BCUT2D eigenvalue weighted by atomic mass is 35.5. The van der Waals surface area contributed by atoms with Gasteiger partial charge in [0.25, 0.3) is 0 Å². The molecule has 0 fully saturated rings. The van der Waals surface area contributed by atoms with Crippen molar-refractivity contribution in [2.45, 2.75) is 59.3 Å². The highest BCUT2D eigenvalue weighted by Crippen LogP contribution is 2.20. The van der Waals surface area contributed by atoms with Crippen molar-refractivity contribution in [2.75, 3.05) is 0 Å². The number of fused-ring (bicyclic) bond motifs is 1. The molecule has 7 heteroatoms. The third-order valence-electron chi connectivity index (χ3n) is 5.34. The summed E-state index contributed by atoms with van der Waals surface area (Å²) < 4.78 is 4.09. The fourth-order valence-electron chi connectivity index (χ4n) is 3.78. The maximum atomic E-state index is 6.31. The molecule has 1 aromatic carbocycles. The summed E-state index contributed by atoms with van der Waals surface area (Å²) in [4.78, 5) is 4.48. The first-order valence-electron chi connectivity index (χ1n) is 9.41. The number of aryl methyl sites for hydroxylation is 3. The number of halogens is 1. The molecule has 0 bridgehead atoms. The molecule has 2 aromatic heterocycles. The van der Waals surface area contributed by atoms with Crippen molar-refractivity contribution in [2.24, 2.45) is 0 Å². The predicted molar refractivity (Wildman–Crippen MR) is 106 cm³/mol. The first kappa shape index (κ1) is 18.2. The number of hydrogen-bond donors (Lipinski definition) is 1. The zero-order valence-corrected chi connectivity index (χ0v) is 16.8. The Labute approximate surface area is 164 Å². The summed E-state index contributed by atoms with van der Waals surface area (Å²) >= 11 is 6.31. The molecule has 1 unspecified atom stereocenters. The van der Waals surface area contributed by atoms with E-state index < -0.39 is 0 Å². The van der Waals surface area contributed by atoms with Gasteiger partial charge in [0.1, 0.15) is 11.6 Å². The van der Waals surface area contributed by atoms with Crippen molar-refractivity contribution in [3.8, 4) is 0 Å². The van der Waals surface area contributed by atoms with Gasteiger partial charge in [0.05, 0.1) is 18.8 Å². The average molecular weight is 385 g/mol. The van der Waals surface area contributed by atoms with Crippen molar-refractivity contribution >= 4 is 11.6 Å². The Hall–Kier alpha value is -2.18. The van der Waals surface area contributed by atoms with Crippen LogP contribution in [0.1, 0.15) is 40.6 Å². The molecule has 0 saturated carbocycles. The summed E-state index contributed by atoms with van der Waals surface area (Å²) in [6.45, 7) is 8.54. The Bertz CT molecular complexity index is 958. The molecular weight excluding hydrogens is 360 g/mol. The highest BCUT2D eigenvalue weighted by Gasteiger charge is 2.21. The van der Waals surface area contributed by atoms with Crippen molar-refractivity contribution in [1.29, 1.82) is 0 Å². The molecule has 0 spiro atoms. The van der Waals surface area contributed by atoms with E-state index in [2.05, 4.69) is 35.3 Å². The van der Waals surface area contributed by atoms with Crippen molar-refractivity contribution in [1.82, 2.24) is 29.9 Å². The van der Waals surface area contributed by atoms with Gasteiger partial charge in [-0.05, 0) is 38.8 Å². The Morgan fingerprint density at radius 2 is 2.00 bits per heavy atom. The lowest BCUT2D eigenvalue weighted by atomic mass is 10.1. The lowest BCUT2D eigenvalue weighted by Gasteiger charge is -2.23. The van der Waals surface area contributed by atoms with E-state index in [1.165, 1.54) is 11.3 Å². The molecular formula is C20H25ClN6. The van der Waals surface area contributed by atoms with Crippen LogP contribution < -0.4 is 5.32 Å². The minimum absolute atomic E-state index is 0.407.